The van der Waals surface area contributed by atoms with Crippen molar-refractivity contribution in [2.45, 2.75) is 18.7 Å². The first-order chi connectivity index (χ1) is 9.52. The molecular formula is C16H15Br2FO. The highest BCUT2D eigenvalue weighted by atomic mass is 79.9. The second-order valence-corrected chi connectivity index (χ2v) is 6.31. The zero-order valence-electron chi connectivity index (χ0n) is 11.3. The lowest BCUT2D eigenvalue weighted by molar-refractivity contribution is 0.337. The van der Waals surface area contributed by atoms with Gasteiger partial charge < -0.3 is 4.74 Å². The average molecular weight is 402 g/mol. The molecule has 2 aromatic carbocycles. The molecule has 1 nitrogen and oxygen atoms in total. The van der Waals surface area contributed by atoms with Crippen LogP contribution >= 0.6 is 31.9 Å². The fourth-order valence-corrected chi connectivity index (χ4v) is 3.35. The van der Waals surface area contributed by atoms with Gasteiger partial charge in [-0.2, -0.15) is 0 Å². The monoisotopic (exact) mass is 400 g/mol. The first-order valence-corrected chi connectivity index (χ1v) is 8.06. The molecule has 2 rings (SSSR count). The summed E-state index contributed by atoms with van der Waals surface area (Å²) in [4.78, 5) is -0.0397. The van der Waals surface area contributed by atoms with Crippen molar-refractivity contribution in [3.8, 4) is 5.75 Å². The minimum Gasteiger partial charge on any atom is -0.494 e. The van der Waals surface area contributed by atoms with Crippen LogP contribution in [0.4, 0.5) is 4.39 Å². The molecule has 0 spiro atoms. The van der Waals surface area contributed by atoms with Crippen LogP contribution in [0.2, 0.25) is 0 Å². The summed E-state index contributed by atoms with van der Waals surface area (Å²) >= 11 is 7.18. The van der Waals surface area contributed by atoms with E-state index in [1.807, 2.05) is 32.0 Å². The number of alkyl halides is 1. The molecule has 4 heteroatoms. The van der Waals surface area contributed by atoms with E-state index in [9.17, 15) is 4.39 Å². The molecule has 1 unspecified atom stereocenters. The van der Waals surface area contributed by atoms with Gasteiger partial charge in [0.1, 0.15) is 11.6 Å². The van der Waals surface area contributed by atoms with Crippen LogP contribution in [0, 0.1) is 12.7 Å². The Bertz CT molecular complexity index is 613. The number of hydrogen-bond donors (Lipinski definition) is 0. The zero-order chi connectivity index (χ0) is 14.7. The number of ether oxygens (including phenoxy) is 1. The number of hydrogen-bond acceptors (Lipinski definition) is 1. The van der Waals surface area contributed by atoms with E-state index in [-0.39, 0.29) is 10.6 Å². The van der Waals surface area contributed by atoms with Gasteiger partial charge in [0.25, 0.3) is 0 Å². The normalized spacial score (nSPS) is 12.2. The summed E-state index contributed by atoms with van der Waals surface area (Å²) in [5.41, 5.74) is 2.97. The number of benzene rings is 2. The van der Waals surface area contributed by atoms with Crippen molar-refractivity contribution in [2.75, 3.05) is 6.61 Å². The van der Waals surface area contributed by atoms with E-state index < -0.39 is 0 Å². The SMILES string of the molecule is CCOc1ccc(Br)cc1C(Br)c1ccc(F)cc1C. The van der Waals surface area contributed by atoms with Crippen molar-refractivity contribution in [1.29, 1.82) is 0 Å². The fourth-order valence-electron chi connectivity index (χ4n) is 2.10. The smallest absolute Gasteiger partial charge is 0.124 e. The highest BCUT2D eigenvalue weighted by Gasteiger charge is 2.18. The summed E-state index contributed by atoms with van der Waals surface area (Å²) in [5.74, 6) is 0.617. The van der Waals surface area contributed by atoms with Gasteiger partial charge in [-0.25, -0.2) is 4.39 Å². The molecule has 0 aliphatic carbocycles. The van der Waals surface area contributed by atoms with E-state index in [1.54, 1.807) is 12.1 Å². The summed E-state index contributed by atoms with van der Waals surface area (Å²) < 4.78 is 19.9. The Labute approximate surface area is 135 Å². The van der Waals surface area contributed by atoms with Gasteiger partial charge in [-0.3, -0.25) is 0 Å². The van der Waals surface area contributed by atoms with Crippen molar-refractivity contribution in [3.05, 3.63) is 63.4 Å². The van der Waals surface area contributed by atoms with E-state index in [2.05, 4.69) is 31.9 Å². The second-order valence-electron chi connectivity index (χ2n) is 4.48. The van der Waals surface area contributed by atoms with Gasteiger partial charge in [0.15, 0.2) is 0 Å². The molecule has 0 aromatic heterocycles. The maximum atomic E-state index is 13.2. The Morgan fingerprint density at radius 3 is 2.55 bits per heavy atom. The molecule has 2 aromatic rings. The maximum absolute atomic E-state index is 13.2. The standard InChI is InChI=1S/C16H15Br2FO/c1-3-20-15-7-4-11(17)9-14(15)16(18)13-6-5-12(19)8-10(13)2/h4-9,16H,3H2,1-2H3. The highest BCUT2D eigenvalue weighted by molar-refractivity contribution is 9.10. The molecule has 20 heavy (non-hydrogen) atoms. The molecule has 0 N–H and O–H groups in total. The second kappa shape index (κ2) is 6.72. The molecule has 0 radical (unpaired) electrons. The zero-order valence-corrected chi connectivity index (χ0v) is 14.5. The molecular weight excluding hydrogens is 387 g/mol. The van der Waals surface area contributed by atoms with Crippen molar-refractivity contribution < 1.29 is 9.13 Å². The Hall–Kier alpha value is -0.870. The van der Waals surface area contributed by atoms with Crippen molar-refractivity contribution >= 4 is 31.9 Å². The summed E-state index contributed by atoms with van der Waals surface area (Å²) in [6.45, 7) is 4.47. The lowest BCUT2D eigenvalue weighted by atomic mass is 9.99. The van der Waals surface area contributed by atoms with Crippen LogP contribution in [0.5, 0.6) is 5.75 Å². The van der Waals surface area contributed by atoms with E-state index in [0.29, 0.717) is 6.61 Å². The van der Waals surface area contributed by atoms with Crippen molar-refractivity contribution in [3.63, 3.8) is 0 Å². The molecule has 0 amide bonds. The fraction of sp³-hybridized carbons (Fsp3) is 0.250. The van der Waals surface area contributed by atoms with Crippen LogP contribution in [0.1, 0.15) is 28.4 Å². The van der Waals surface area contributed by atoms with Crippen LogP contribution in [-0.4, -0.2) is 6.61 Å². The highest BCUT2D eigenvalue weighted by Crippen LogP contribution is 2.39. The Kier molecular flexibility index (Phi) is 5.22. The summed E-state index contributed by atoms with van der Waals surface area (Å²) in [5, 5.41) is 0. The molecule has 0 saturated heterocycles. The van der Waals surface area contributed by atoms with Crippen molar-refractivity contribution in [1.82, 2.24) is 0 Å². The molecule has 1 atom stereocenters. The minimum atomic E-state index is -0.217. The van der Waals surface area contributed by atoms with Gasteiger partial charge in [0.2, 0.25) is 0 Å². The minimum absolute atomic E-state index is 0.0397. The Morgan fingerprint density at radius 2 is 1.90 bits per heavy atom. The van der Waals surface area contributed by atoms with E-state index in [0.717, 1.165) is 26.9 Å². The van der Waals surface area contributed by atoms with Crippen LogP contribution in [0.15, 0.2) is 40.9 Å². The third-order valence-electron chi connectivity index (χ3n) is 3.05. The topological polar surface area (TPSA) is 9.23 Å². The van der Waals surface area contributed by atoms with Crippen LogP contribution in [0.3, 0.4) is 0 Å². The summed E-state index contributed by atoms with van der Waals surface area (Å²) in [6, 6.07) is 10.7. The lowest BCUT2D eigenvalue weighted by Gasteiger charge is -2.18. The van der Waals surface area contributed by atoms with E-state index in [1.165, 1.54) is 6.07 Å². The number of aryl methyl sites for hydroxylation is 1. The van der Waals surface area contributed by atoms with Crippen molar-refractivity contribution in [2.24, 2.45) is 0 Å². The third-order valence-corrected chi connectivity index (χ3v) is 4.53. The van der Waals surface area contributed by atoms with Gasteiger partial charge >= 0.3 is 0 Å². The van der Waals surface area contributed by atoms with E-state index >= 15 is 0 Å². The van der Waals surface area contributed by atoms with Crippen LogP contribution < -0.4 is 4.74 Å². The predicted octanol–water partition coefficient (Wildman–Crippen LogP) is 5.78. The van der Waals surface area contributed by atoms with Crippen LogP contribution in [-0.2, 0) is 0 Å². The maximum Gasteiger partial charge on any atom is 0.124 e. The predicted molar refractivity (Wildman–Crippen MR) is 87.2 cm³/mol. The molecule has 0 saturated carbocycles. The molecule has 0 aliphatic heterocycles. The van der Waals surface area contributed by atoms with Gasteiger partial charge in [-0.05, 0) is 55.3 Å². The Morgan fingerprint density at radius 1 is 1.15 bits per heavy atom. The number of rotatable bonds is 4. The van der Waals surface area contributed by atoms with Gasteiger partial charge in [0.05, 0.1) is 11.4 Å². The van der Waals surface area contributed by atoms with Gasteiger partial charge in [-0.1, -0.05) is 37.9 Å². The molecule has 106 valence electrons. The summed E-state index contributed by atoms with van der Waals surface area (Å²) in [6.07, 6.45) is 0. The molecule has 0 bridgehead atoms. The Balaban J connectivity index is 2.46. The largest absolute Gasteiger partial charge is 0.494 e. The summed E-state index contributed by atoms with van der Waals surface area (Å²) in [7, 11) is 0. The van der Waals surface area contributed by atoms with Crippen LogP contribution in [0.25, 0.3) is 0 Å². The first kappa shape index (κ1) is 15.5. The van der Waals surface area contributed by atoms with Gasteiger partial charge in [0, 0.05) is 10.0 Å². The lowest BCUT2D eigenvalue weighted by Crippen LogP contribution is -2.01. The molecule has 0 heterocycles. The van der Waals surface area contributed by atoms with E-state index in [4.69, 9.17) is 4.74 Å². The van der Waals surface area contributed by atoms with Gasteiger partial charge in [-0.15, -0.1) is 0 Å². The third kappa shape index (κ3) is 3.41. The first-order valence-electron chi connectivity index (χ1n) is 6.35. The quantitative estimate of drug-likeness (QED) is 0.590. The number of halogens is 3. The molecule has 0 aliphatic rings. The molecule has 0 fully saturated rings. The average Bonchev–Trinajstić information content (AvgIpc) is 2.40.